The zero-order valence-corrected chi connectivity index (χ0v) is 13.2. The molecule has 1 saturated heterocycles. The third-order valence-electron chi connectivity index (χ3n) is 3.53. The molecule has 6 heteroatoms. The summed E-state index contributed by atoms with van der Waals surface area (Å²) in [4.78, 5) is 23.8. The minimum absolute atomic E-state index is 0. The highest BCUT2D eigenvalue weighted by Crippen LogP contribution is 2.16. The number of halogens is 1. The second kappa shape index (κ2) is 9.23. The van der Waals surface area contributed by atoms with E-state index >= 15 is 0 Å². The smallest absolute Gasteiger partial charge is 0.251 e. The SMILES string of the molecule is C=CCNC(=O)c1ccc(NC(=O)C2CCNCC2)cc1.Cl. The Labute approximate surface area is 137 Å². The molecule has 0 aromatic heterocycles. The number of hydrogen-bond donors (Lipinski definition) is 3. The highest BCUT2D eigenvalue weighted by Gasteiger charge is 2.20. The van der Waals surface area contributed by atoms with Crippen molar-refractivity contribution >= 4 is 29.9 Å². The Morgan fingerprint density at radius 2 is 1.86 bits per heavy atom. The van der Waals surface area contributed by atoms with Crippen LogP contribution in [0.3, 0.4) is 0 Å². The second-order valence-corrected chi connectivity index (χ2v) is 5.09. The first kappa shape index (κ1) is 18.2. The van der Waals surface area contributed by atoms with Crippen LogP contribution in [-0.2, 0) is 4.79 Å². The Hall–Kier alpha value is -1.85. The van der Waals surface area contributed by atoms with Crippen molar-refractivity contribution in [3.63, 3.8) is 0 Å². The lowest BCUT2D eigenvalue weighted by Gasteiger charge is -2.21. The molecule has 0 spiro atoms. The number of benzene rings is 1. The van der Waals surface area contributed by atoms with Crippen molar-refractivity contribution in [2.45, 2.75) is 12.8 Å². The van der Waals surface area contributed by atoms with Gasteiger partial charge in [0.1, 0.15) is 0 Å². The van der Waals surface area contributed by atoms with Gasteiger partial charge in [-0.15, -0.1) is 19.0 Å². The van der Waals surface area contributed by atoms with Gasteiger partial charge >= 0.3 is 0 Å². The fourth-order valence-corrected chi connectivity index (χ4v) is 2.30. The van der Waals surface area contributed by atoms with Crippen LogP contribution in [0.15, 0.2) is 36.9 Å². The lowest BCUT2D eigenvalue weighted by molar-refractivity contribution is -0.120. The maximum Gasteiger partial charge on any atom is 0.251 e. The van der Waals surface area contributed by atoms with Gasteiger partial charge in [0.25, 0.3) is 5.91 Å². The fraction of sp³-hybridized carbons (Fsp3) is 0.375. The molecule has 2 amide bonds. The van der Waals surface area contributed by atoms with Crippen molar-refractivity contribution in [3.8, 4) is 0 Å². The molecule has 22 heavy (non-hydrogen) atoms. The predicted molar refractivity (Wildman–Crippen MR) is 90.4 cm³/mol. The Balaban J connectivity index is 0.00000242. The van der Waals surface area contributed by atoms with Gasteiger partial charge in [-0.25, -0.2) is 0 Å². The van der Waals surface area contributed by atoms with E-state index in [1.165, 1.54) is 0 Å². The third-order valence-corrected chi connectivity index (χ3v) is 3.53. The minimum atomic E-state index is -0.147. The molecule has 0 aliphatic carbocycles. The molecule has 0 atom stereocenters. The fourth-order valence-electron chi connectivity index (χ4n) is 2.30. The molecular formula is C16H22ClN3O2. The van der Waals surface area contributed by atoms with E-state index in [1.54, 1.807) is 30.3 Å². The number of amides is 2. The highest BCUT2D eigenvalue weighted by atomic mass is 35.5. The lowest BCUT2D eigenvalue weighted by atomic mass is 9.97. The van der Waals surface area contributed by atoms with Crippen molar-refractivity contribution in [1.29, 1.82) is 0 Å². The van der Waals surface area contributed by atoms with Gasteiger partial charge in [-0.05, 0) is 50.2 Å². The Morgan fingerprint density at radius 1 is 1.23 bits per heavy atom. The summed E-state index contributed by atoms with van der Waals surface area (Å²) in [6.45, 7) is 5.77. The number of anilines is 1. The molecule has 0 unspecified atom stereocenters. The monoisotopic (exact) mass is 323 g/mol. The summed E-state index contributed by atoms with van der Waals surface area (Å²) in [5.74, 6) is -0.0201. The third kappa shape index (κ3) is 5.16. The zero-order valence-electron chi connectivity index (χ0n) is 12.4. The molecule has 0 bridgehead atoms. The van der Waals surface area contributed by atoms with Crippen molar-refractivity contribution in [3.05, 3.63) is 42.5 Å². The Kier molecular flexibility index (Phi) is 7.63. The van der Waals surface area contributed by atoms with E-state index in [-0.39, 0.29) is 30.1 Å². The van der Waals surface area contributed by atoms with Crippen LogP contribution in [-0.4, -0.2) is 31.4 Å². The van der Waals surface area contributed by atoms with Gasteiger partial charge in [-0.2, -0.15) is 0 Å². The molecule has 120 valence electrons. The van der Waals surface area contributed by atoms with Crippen molar-refractivity contribution in [1.82, 2.24) is 10.6 Å². The van der Waals surface area contributed by atoms with E-state index in [1.807, 2.05) is 0 Å². The van der Waals surface area contributed by atoms with Crippen LogP contribution in [0.4, 0.5) is 5.69 Å². The number of carbonyl (C=O) groups is 2. The molecule has 0 radical (unpaired) electrons. The van der Waals surface area contributed by atoms with Crippen LogP contribution >= 0.6 is 12.4 Å². The average molecular weight is 324 g/mol. The zero-order chi connectivity index (χ0) is 15.1. The molecule has 5 nitrogen and oxygen atoms in total. The number of carbonyl (C=O) groups excluding carboxylic acids is 2. The summed E-state index contributed by atoms with van der Waals surface area (Å²) in [5, 5.41) is 8.85. The number of rotatable bonds is 5. The molecule has 1 aliphatic rings. The Bertz CT molecular complexity index is 511. The molecule has 3 N–H and O–H groups in total. The second-order valence-electron chi connectivity index (χ2n) is 5.09. The topological polar surface area (TPSA) is 70.2 Å². The van der Waals surface area contributed by atoms with E-state index in [9.17, 15) is 9.59 Å². The van der Waals surface area contributed by atoms with Crippen LogP contribution in [0.5, 0.6) is 0 Å². The Morgan fingerprint density at radius 3 is 2.45 bits per heavy atom. The van der Waals surface area contributed by atoms with Gasteiger partial charge in [0, 0.05) is 23.7 Å². The standard InChI is InChI=1S/C16H21N3O2.ClH/c1-2-9-18-15(20)12-3-5-14(6-4-12)19-16(21)13-7-10-17-11-8-13;/h2-6,13,17H,1,7-11H2,(H,18,20)(H,19,21);1H. The first-order valence-corrected chi connectivity index (χ1v) is 7.21. The van der Waals surface area contributed by atoms with Crippen molar-refractivity contribution < 1.29 is 9.59 Å². The van der Waals surface area contributed by atoms with E-state index in [4.69, 9.17) is 0 Å². The van der Waals surface area contributed by atoms with E-state index in [0.717, 1.165) is 31.6 Å². The minimum Gasteiger partial charge on any atom is -0.349 e. The summed E-state index contributed by atoms with van der Waals surface area (Å²) in [5.41, 5.74) is 1.29. The number of piperidine rings is 1. The maximum atomic E-state index is 12.1. The van der Waals surface area contributed by atoms with Crippen LogP contribution in [0.25, 0.3) is 0 Å². The molecule has 0 saturated carbocycles. The molecule has 1 fully saturated rings. The first-order chi connectivity index (χ1) is 10.2. The summed E-state index contributed by atoms with van der Waals surface area (Å²) in [6, 6.07) is 6.91. The molecular weight excluding hydrogens is 302 g/mol. The molecule has 1 aromatic rings. The van der Waals surface area contributed by atoms with Crippen molar-refractivity contribution in [2.75, 3.05) is 25.0 Å². The predicted octanol–water partition coefficient (Wildman–Crippen LogP) is 1.96. The summed E-state index contributed by atoms with van der Waals surface area (Å²) < 4.78 is 0. The van der Waals surface area contributed by atoms with Crippen LogP contribution in [0.1, 0.15) is 23.2 Å². The van der Waals surface area contributed by atoms with Gasteiger partial charge in [-0.3, -0.25) is 9.59 Å². The molecule has 1 heterocycles. The van der Waals surface area contributed by atoms with Gasteiger partial charge in [0.2, 0.25) is 5.91 Å². The van der Waals surface area contributed by atoms with E-state index in [2.05, 4.69) is 22.5 Å². The normalized spacial score (nSPS) is 14.5. The van der Waals surface area contributed by atoms with Crippen molar-refractivity contribution in [2.24, 2.45) is 5.92 Å². The molecule has 1 aliphatic heterocycles. The van der Waals surface area contributed by atoms with Crippen LogP contribution < -0.4 is 16.0 Å². The largest absolute Gasteiger partial charge is 0.349 e. The molecule has 2 rings (SSSR count). The van der Waals surface area contributed by atoms with Gasteiger partial charge in [-0.1, -0.05) is 6.08 Å². The molecule has 1 aromatic carbocycles. The lowest BCUT2D eigenvalue weighted by Crippen LogP contribution is -2.34. The van der Waals surface area contributed by atoms with Crippen LogP contribution in [0, 0.1) is 5.92 Å². The van der Waals surface area contributed by atoms with E-state index in [0.29, 0.717) is 12.1 Å². The summed E-state index contributed by atoms with van der Waals surface area (Å²) in [7, 11) is 0. The summed E-state index contributed by atoms with van der Waals surface area (Å²) >= 11 is 0. The van der Waals surface area contributed by atoms with Gasteiger partial charge in [0.15, 0.2) is 0 Å². The average Bonchev–Trinajstić information content (AvgIpc) is 2.54. The number of hydrogen-bond acceptors (Lipinski definition) is 3. The highest BCUT2D eigenvalue weighted by molar-refractivity contribution is 5.96. The van der Waals surface area contributed by atoms with Gasteiger partial charge in [0.05, 0.1) is 0 Å². The van der Waals surface area contributed by atoms with Crippen LogP contribution in [0.2, 0.25) is 0 Å². The van der Waals surface area contributed by atoms with Gasteiger partial charge < -0.3 is 16.0 Å². The van der Waals surface area contributed by atoms with E-state index < -0.39 is 0 Å². The maximum absolute atomic E-state index is 12.1. The first-order valence-electron chi connectivity index (χ1n) is 7.21. The number of nitrogens with one attached hydrogen (secondary N) is 3. The quantitative estimate of drug-likeness (QED) is 0.725. The summed E-state index contributed by atoms with van der Waals surface area (Å²) in [6.07, 6.45) is 3.37.